The lowest BCUT2D eigenvalue weighted by Crippen LogP contribution is -2.50. The number of carbonyl (C=O) groups is 7. The molecule has 0 saturated carbocycles. The molecule has 0 aliphatic carbocycles. The van der Waals surface area contributed by atoms with Crippen molar-refractivity contribution < 1.29 is 43.1 Å². The van der Waals surface area contributed by atoms with E-state index in [0.29, 0.717) is 31.8 Å². The van der Waals surface area contributed by atoms with Crippen LogP contribution in [0, 0.1) is 0 Å². The lowest BCUT2D eigenvalue weighted by molar-refractivity contribution is -0.139. The number of aliphatic hydroxyl groups excluding tert-OH is 1. The molecule has 22 nitrogen and oxygen atoms in total. The van der Waals surface area contributed by atoms with Gasteiger partial charge in [0, 0.05) is 148 Å². The van der Waals surface area contributed by atoms with E-state index < -0.39 is 6.17 Å². The van der Waals surface area contributed by atoms with Crippen molar-refractivity contribution in [2.24, 2.45) is 0 Å². The Morgan fingerprint density at radius 2 is 0.936 bits per heavy atom. The number of benzene rings is 3. The summed E-state index contributed by atoms with van der Waals surface area (Å²) in [6.07, 6.45) is 7.01. The van der Waals surface area contributed by atoms with Gasteiger partial charge in [0.15, 0.2) is 0 Å². The molecule has 0 bridgehead atoms. The number of amides is 7. The van der Waals surface area contributed by atoms with Gasteiger partial charge in [0.1, 0.15) is 18.3 Å². The fourth-order valence-corrected chi connectivity index (χ4v) is 12.7. The highest BCUT2D eigenvalue weighted by atomic mass is 19.1. The molecule has 5 fully saturated rings. The summed E-state index contributed by atoms with van der Waals surface area (Å²) in [7, 11) is 33.3. The smallest absolute Gasteiger partial charge is 0.245 e. The molecule has 94 heavy (non-hydrogen) atoms. The zero-order valence-corrected chi connectivity index (χ0v) is 60.3. The molecule has 8 heterocycles. The van der Waals surface area contributed by atoms with Crippen LogP contribution in [0.15, 0.2) is 72.8 Å². The van der Waals surface area contributed by atoms with Crippen molar-refractivity contribution in [1.82, 2.24) is 63.7 Å². The molecule has 11 rings (SSSR count). The SMILES string of the molecule is CN(C)C(=O)[C@@H]1C[C@H](F)CN1C.CN(C)C(=O)[C@@H]1C[C@H](O)CN1C.CN(C)C(=O)[C@@H]1Cc2ccccc2CN1C.CN(C)C(=O)[C@@H]1Cc2ccccc2N1C.CN(C)C(=O)[C@@H]1c2ccccc2CCN1C.CN1CCC[C@H]1C(=O)N1CCC1.C[C@@H](C(=O)N1CCC1)N(C)C. The van der Waals surface area contributed by atoms with Crippen molar-refractivity contribution in [3.8, 4) is 0 Å². The van der Waals surface area contributed by atoms with Crippen molar-refractivity contribution >= 4 is 47.0 Å². The molecule has 3 aromatic carbocycles. The molecule has 0 radical (unpaired) electrons. The molecule has 0 unspecified atom stereocenters. The van der Waals surface area contributed by atoms with Gasteiger partial charge >= 0.3 is 0 Å². The fourth-order valence-electron chi connectivity index (χ4n) is 12.7. The van der Waals surface area contributed by atoms with E-state index in [2.05, 4.69) is 69.1 Å². The van der Waals surface area contributed by atoms with E-state index in [4.69, 9.17) is 0 Å². The standard InChI is InChI=1S/2C13H18N2O.C12H16N2O.C9H16N2O.C8H15FN2O.C8H16N2O2.C8H16N2O/c1-14(2)13(16)12-8-10-6-4-5-7-11(10)9-15(12)3;1-14(2)13(16)12-11-7-5-4-6-10(11)8-9-15(12)3;1-13(2)12(15)11-8-9-6-4-5-7-10(9)14(11)3;1-10-5-2-4-8(10)9(12)11-6-3-7-11;1-10(2)8(12)7-4-6(9)5-11(7)3;1-9(2)8(12)7-4-6(11)5-10(7)3;1-7(9(2)3)8(11)10-5-4-6-10/h2*4-7,12H,8-9H2,1-3H3;4-7,11H,8H2,1-3H3;8H,2-7H2,1H3;6-7H,4-5H2,1-3H3;6-7,11H,4-5H2,1-3H3;7H,4-6H2,1-3H3/t2*12-;11-;8-;2*6-,7-;7-/m0000000/s1. The third-order valence-electron chi connectivity index (χ3n) is 19.1. The second-order valence-corrected chi connectivity index (χ2v) is 27.6. The third kappa shape index (κ3) is 21.2. The Hall–Kier alpha value is -6.60. The molecule has 1 N–H and O–H groups in total. The number of para-hydroxylation sites is 1. The number of hydrogen-bond acceptors (Lipinski definition) is 15. The van der Waals surface area contributed by atoms with Gasteiger partial charge < -0.3 is 44.3 Å². The van der Waals surface area contributed by atoms with E-state index in [-0.39, 0.29) is 83.8 Å². The summed E-state index contributed by atoms with van der Waals surface area (Å²) in [5.74, 6) is 1.23. The first-order chi connectivity index (χ1) is 44.3. The van der Waals surface area contributed by atoms with Crippen LogP contribution in [0.25, 0.3) is 0 Å². The summed E-state index contributed by atoms with van der Waals surface area (Å²) in [4.78, 5) is 108. The zero-order chi connectivity index (χ0) is 70.0. The van der Waals surface area contributed by atoms with Gasteiger partial charge in [-0.1, -0.05) is 66.7 Å². The fraction of sp³-hybridized carbons (Fsp3) is 0.648. The topological polar surface area (TPSA) is 185 Å². The van der Waals surface area contributed by atoms with E-state index in [1.165, 1.54) is 52.1 Å². The number of aliphatic hydroxyl groups is 1. The maximum absolute atomic E-state index is 12.8. The highest BCUT2D eigenvalue weighted by molar-refractivity contribution is 5.88. The van der Waals surface area contributed by atoms with Gasteiger partial charge in [-0.25, -0.2) is 4.39 Å². The minimum atomic E-state index is -0.844. The zero-order valence-electron chi connectivity index (χ0n) is 60.3. The van der Waals surface area contributed by atoms with Gasteiger partial charge in [-0.3, -0.25) is 63.0 Å². The number of likely N-dealkylation sites (tertiary alicyclic amines) is 5. The molecule has 524 valence electrons. The average molecular weight is 1310 g/mol. The van der Waals surface area contributed by atoms with E-state index in [1.807, 2.05) is 127 Å². The van der Waals surface area contributed by atoms with Crippen molar-refractivity contribution in [3.05, 3.63) is 101 Å². The van der Waals surface area contributed by atoms with Crippen LogP contribution in [0.4, 0.5) is 10.1 Å². The first kappa shape index (κ1) is 78.1. The summed E-state index contributed by atoms with van der Waals surface area (Å²) in [6.45, 7) is 9.71. The number of rotatable bonds is 8. The van der Waals surface area contributed by atoms with E-state index in [9.17, 15) is 43.1 Å². The number of hydrogen-bond donors (Lipinski definition) is 1. The number of carbonyl (C=O) groups excluding carboxylic acids is 7. The van der Waals surface area contributed by atoms with Gasteiger partial charge in [-0.2, -0.15) is 0 Å². The Bertz CT molecular complexity index is 2920. The lowest BCUT2D eigenvalue weighted by Gasteiger charge is -2.34. The minimum Gasteiger partial charge on any atom is -0.392 e. The van der Waals surface area contributed by atoms with Crippen LogP contribution in [-0.4, -0.2) is 338 Å². The van der Waals surface area contributed by atoms with Crippen LogP contribution in [0.1, 0.15) is 79.3 Å². The number of nitrogens with zero attached hydrogens (tertiary/aromatic N) is 14. The molecule has 8 aliphatic heterocycles. The molecule has 3 aromatic rings. The summed E-state index contributed by atoms with van der Waals surface area (Å²) < 4.78 is 12.8. The molecule has 8 aliphatic rings. The highest BCUT2D eigenvalue weighted by Gasteiger charge is 2.38. The van der Waals surface area contributed by atoms with E-state index >= 15 is 0 Å². The van der Waals surface area contributed by atoms with Gasteiger partial charge in [0.05, 0.1) is 36.3 Å². The highest BCUT2D eigenvalue weighted by Crippen LogP contribution is 2.32. The largest absolute Gasteiger partial charge is 0.392 e. The monoisotopic (exact) mass is 1310 g/mol. The number of alkyl halides is 1. The van der Waals surface area contributed by atoms with Crippen LogP contribution in [-0.2, 0) is 59.4 Å². The summed E-state index contributed by atoms with van der Waals surface area (Å²) >= 11 is 0. The van der Waals surface area contributed by atoms with Gasteiger partial charge in [-0.05, 0) is 142 Å². The minimum absolute atomic E-state index is 0.00218. The molecule has 23 heteroatoms. The summed E-state index contributed by atoms with van der Waals surface area (Å²) in [6, 6.07) is 24.5. The number of halogens is 1. The van der Waals surface area contributed by atoms with Crippen LogP contribution >= 0.6 is 0 Å². The second kappa shape index (κ2) is 36.5. The predicted octanol–water partition coefficient (Wildman–Crippen LogP) is 3.31. The number of anilines is 1. The lowest BCUT2D eigenvalue weighted by atomic mass is 9.92. The van der Waals surface area contributed by atoms with Crippen LogP contribution in [0.2, 0.25) is 0 Å². The van der Waals surface area contributed by atoms with Crippen molar-refractivity contribution in [2.75, 3.05) is 184 Å². The van der Waals surface area contributed by atoms with Gasteiger partial charge in [0.2, 0.25) is 41.4 Å². The Morgan fingerprint density at radius 3 is 1.39 bits per heavy atom. The maximum Gasteiger partial charge on any atom is 0.245 e. The van der Waals surface area contributed by atoms with Crippen LogP contribution in [0.5, 0.6) is 0 Å². The first-order valence-electron chi connectivity index (χ1n) is 33.4. The third-order valence-corrected chi connectivity index (χ3v) is 19.1. The second-order valence-electron chi connectivity index (χ2n) is 27.6. The molecule has 0 spiro atoms. The van der Waals surface area contributed by atoms with Gasteiger partial charge in [0.25, 0.3) is 0 Å². The average Bonchev–Trinajstić information content (AvgIpc) is 1.02. The summed E-state index contributed by atoms with van der Waals surface area (Å²) in [5, 5.41) is 9.29. The number of likely N-dealkylation sites (N-methyl/N-ethyl adjacent to an activating group) is 12. The van der Waals surface area contributed by atoms with Gasteiger partial charge in [-0.15, -0.1) is 0 Å². The van der Waals surface area contributed by atoms with E-state index in [0.717, 1.165) is 77.1 Å². The number of fused-ring (bicyclic) bond motifs is 3. The Kier molecular flexibility index (Phi) is 30.3. The first-order valence-corrected chi connectivity index (χ1v) is 33.4. The maximum atomic E-state index is 12.8. The molecule has 0 aromatic heterocycles. The number of β-amino-alcohol motifs (C(OH)–C–C–N with tert-alkyl or cyclic N) is 1. The molecule has 7 amide bonds. The van der Waals surface area contributed by atoms with Crippen LogP contribution in [0.3, 0.4) is 0 Å². The van der Waals surface area contributed by atoms with Crippen LogP contribution < -0.4 is 4.90 Å². The Labute approximate surface area is 562 Å². The van der Waals surface area contributed by atoms with E-state index in [1.54, 1.807) is 73.8 Å². The molecule has 9 atom stereocenters. The van der Waals surface area contributed by atoms with Crippen molar-refractivity contribution in [3.63, 3.8) is 0 Å². The Morgan fingerprint density at radius 1 is 0.468 bits per heavy atom. The summed E-state index contributed by atoms with van der Waals surface area (Å²) in [5.41, 5.74) is 7.56. The van der Waals surface area contributed by atoms with Crippen molar-refractivity contribution in [1.29, 1.82) is 0 Å². The Balaban J connectivity index is 0.000000200. The predicted molar refractivity (Wildman–Crippen MR) is 371 cm³/mol. The molecular weight excluding hydrogens is 1200 g/mol. The quantitative estimate of drug-likeness (QED) is 0.347. The molecule has 5 saturated heterocycles. The normalized spacial score (nSPS) is 24.0. The molecular formula is C71H115FN14O8. The van der Waals surface area contributed by atoms with Crippen molar-refractivity contribution in [2.45, 2.75) is 126 Å².